The maximum Gasteiger partial charge on any atom is -0.0383 e. The van der Waals surface area contributed by atoms with E-state index in [9.17, 15) is 0 Å². The van der Waals surface area contributed by atoms with Crippen molar-refractivity contribution in [2.24, 2.45) is 11.3 Å². The number of rotatable bonds is 4. The lowest BCUT2D eigenvalue weighted by Gasteiger charge is -2.17. The van der Waals surface area contributed by atoms with Gasteiger partial charge in [-0.15, -0.1) is 0 Å². The molecule has 0 bridgehead atoms. The Morgan fingerprint density at radius 2 is 1.73 bits per heavy atom. The summed E-state index contributed by atoms with van der Waals surface area (Å²) in [7, 11) is 0. The Morgan fingerprint density at radius 3 is 2.09 bits per heavy atom. The van der Waals surface area contributed by atoms with Crippen LogP contribution in [0.25, 0.3) is 0 Å². The van der Waals surface area contributed by atoms with Crippen LogP contribution < -0.4 is 0 Å². The molecule has 67 valence electrons. The molecule has 0 aliphatic carbocycles. The fourth-order valence-corrected chi connectivity index (χ4v) is 1.15. The molecular weight excluding hydrogens is 132 g/mol. The number of hydrogen-bond donors (Lipinski definition) is 0. The van der Waals surface area contributed by atoms with Gasteiger partial charge in [0, 0.05) is 0 Å². The van der Waals surface area contributed by atoms with Crippen molar-refractivity contribution < 1.29 is 0 Å². The maximum absolute atomic E-state index is 3.97. The molecule has 0 fully saturated rings. The van der Waals surface area contributed by atoms with Crippen molar-refractivity contribution in [3.63, 3.8) is 0 Å². The van der Waals surface area contributed by atoms with E-state index in [1.54, 1.807) is 0 Å². The minimum Gasteiger partial charge on any atom is -0.0625 e. The Balaban J connectivity index is 3.15. The monoisotopic (exact) mass is 155 g/mol. The van der Waals surface area contributed by atoms with Crippen LogP contribution >= 0.6 is 0 Å². The summed E-state index contributed by atoms with van der Waals surface area (Å²) in [5, 5.41) is 0. The van der Waals surface area contributed by atoms with Crippen molar-refractivity contribution in [3.8, 4) is 0 Å². The number of unbranched alkanes of at least 4 members (excludes halogenated alkanes) is 1. The first-order chi connectivity index (χ1) is 4.92. The van der Waals surface area contributed by atoms with Crippen LogP contribution in [0.1, 0.15) is 53.4 Å². The van der Waals surface area contributed by atoms with Gasteiger partial charge in [0.1, 0.15) is 0 Å². The molecule has 0 heteroatoms. The maximum atomic E-state index is 3.97. The van der Waals surface area contributed by atoms with E-state index in [-0.39, 0.29) is 0 Å². The van der Waals surface area contributed by atoms with E-state index < -0.39 is 0 Å². The Labute approximate surface area is 72.4 Å². The van der Waals surface area contributed by atoms with E-state index in [0.717, 1.165) is 0 Å². The minimum atomic E-state index is 0.518. The van der Waals surface area contributed by atoms with Gasteiger partial charge < -0.3 is 0 Å². The van der Waals surface area contributed by atoms with E-state index in [1.165, 1.54) is 25.7 Å². The lowest BCUT2D eigenvalue weighted by Crippen LogP contribution is -2.04. The molecule has 0 aromatic carbocycles. The molecule has 1 atom stereocenters. The Bertz CT molecular complexity index is 84.7. The Hall–Kier alpha value is 0. The van der Waals surface area contributed by atoms with Gasteiger partial charge in [0.05, 0.1) is 0 Å². The first-order valence-corrected chi connectivity index (χ1v) is 4.75. The van der Waals surface area contributed by atoms with Crippen LogP contribution in [-0.4, -0.2) is 0 Å². The number of hydrogen-bond acceptors (Lipinski definition) is 0. The summed E-state index contributed by atoms with van der Waals surface area (Å²) in [6, 6.07) is 0. The van der Waals surface area contributed by atoms with E-state index in [2.05, 4.69) is 34.6 Å². The first-order valence-electron chi connectivity index (χ1n) is 4.75. The van der Waals surface area contributed by atoms with Gasteiger partial charge in [0.2, 0.25) is 0 Å². The summed E-state index contributed by atoms with van der Waals surface area (Å²) in [5.41, 5.74) is 0.518. The summed E-state index contributed by atoms with van der Waals surface area (Å²) < 4.78 is 0. The van der Waals surface area contributed by atoms with Crippen molar-refractivity contribution >= 4 is 0 Å². The molecule has 0 N–H and O–H groups in total. The summed E-state index contributed by atoms with van der Waals surface area (Å²) in [6.07, 6.45) is 5.35. The van der Waals surface area contributed by atoms with Gasteiger partial charge in [-0.25, -0.2) is 0 Å². The zero-order valence-corrected chi connectivity index (χ0v) is 8.61. The second-order valence-corrected chi connectivity index (χ2v) is 4.91. The topological polar surface area (TPSA) is 0 Å². The normalized spacial score (nSPS) is 12.5. The highest BCUT2D eigenvalue weighted by Crippen LogP contribution is 2.22. The van der Waals surface area contributed by atoms with E-state index in [0.29, 0.717) is 11.3 Å². The van der Waals surface area contributed by atoms with Gasteiger partial charge in [-0.2, -0.15) is 0 Å². The van der Waals surface area contributed by atoms with E-state index >= 15 is 0 Å². The van der Waals surface area contributed by atoms with E-state index in [1.807, 2.05) is 0 Å². The standard InChI is InChI=1S/C11H23/c1-10(2)8-6-7-9-11(3,4)5/h10H,1,6-9H2,2-5H3. The molecular formula is C11H23. The van der Waals surface area contributed by atoms with Crippen LogP contribution in [0.2, 0.25) is 0 Å². The molecule has 0 saturated heterocycles. The van der Waals surface area contributed by atoms with Crippen LogP contribution in [0, 0.1) is 18.3 Å². The van der Waals surface area contributed by atoms with Crippen LogP contribution in [0.5, 0.6) is 0 Å². The fraction of sp³-hybridized carbons (Fsp3) is 0.909. The largest absolute Gasteiger partial charge is 0.0625 e. The van der Waals surface area contributed by atoms with Gasteiger partial charge in [-0.1, -0.05) is 53.9 Å². The highest BCUT2D eigenvalue weighted by Gasteiger charge is 2.08. The molecule has 1 radical (unpaired) electrons. The molecule has 0 nitrogen and oxygen atoms in total. The third-order valence-electron chi connectivity index (χ3n) is 1.87. The average molecular weight is 155 g/mol. The first kappa shape index (κ1) is 11.0. The van der Waals surface area contributed by atoms with Crippen molar-refractivity contribution in [1.82, 2.24) is 0 Å². The third kappa shape index (κ3) is 10.0. The summed E-state index contributed by atoms with van der Waals surface area (Å²) in [4.78, 5) is 0. The highest BCUT2D eigenvalue weighted by molar-refractivity contribution is 4.62. The molecule has 1 unspecified atom stereocenters. The van der Waals surface area contributed by atoms with Crippen molar-refractivity contribution in [3.05, 3.63) is 6.92 Å². The van der Waals surface area contributed by atoms with Crippen LogP contribution in [-0.2, 0) is 0 Å². The van der Waals surface area contributed by atoms with Crippen LogP contribution in [0.4, 0.5) is 0 Å². The molecule has 0 aromatic heterocycles. The lowest BCUT2D eigenvalue weighted by molar-refractivity contribution is 0.354. The zero-order chi connectivity index (χ0) is 8.91. The van der Waals surface area contributed by atoms with Crippen molar-refractivity contribution in [2.75, 3.05) is 0 Å². The quantitative estimate of drug-likeness (QED) is 0.537. The van der Waals surface area contributed by atoms with Gasteiger partial charge in [0.15, 0.2) is 0 Å². The van der Waals surface area contributed by atoms with Gasteiger partial charge in [-0.05, 0) is 17.8 Å². The zero-order valence-electron chi connectivity index (χ0n) is 8.61. The SMILES string of the molecule is [CH2]C(C)CCCCC(C)(C)C. The molecule has 0 spiro atoms. The van der Waals surface area contributed by atoms with Crippen molar-refractivity contribution in [1.29, 1.82) is 0 Å². The second kappa shape index (κ2) is 4.79. The molecule has 0 amide bonds. The summed E-state index contributed by atoms with van der Waals surface area (Å²) >= 11 is 0. The van der Waals surface area contributed by atoms with E-state index in [4.69, 9.17) is 0 Å². The van der Waals surface area contributed by atoms with Crippen molar-refractivity contribution in [2.45, 2.75) is 53.4 Å². The van der Waals surface area contributed by atoms with Gasteiger partial charge in [0.25, 0.3) is 0 Å². The molecule has 0 aliphatic heterocycles. The predicted octanol–water partition coefficient (Wildman–Crippen LogP) is 4.06. The summed E-state index contributed by atoms with van der Waals surface area (Å²) in [6.45, 7) is 13.1. The van der Waals surface area contributed by atoms with Crippen LogP contribution in [0.3, 0.4) is 0 Å². The highest BCUT2D eigenvalue weighted by atomic mass is 14.1. The molecule has 0 rings (SSSR count). The van der Waals surface area contributed by atoms with Gasteiger partial charge in [-0.3, -0.25) is 0 Å². The average Bonchev–Trinajstić information content (AvgIpc) is 1.78. The molecule has 0 aliphatic rings. The lowest BCUT2D eigenvalue weighted by atomic mass is 9.89. The summed E-state index contributed by atoms with van der Waals surface area (Å²) in [5.74, 6) is 0.634. The molecule has 0 heterocycles. The minimum absolute atomic E-state index is 0.518. The van der Waals surface area contributed by atoms with Crippen LogP contribution in [0.15, 0.2) is 0 Å². The Morgan fingerprint density at radius 1 is 1.18 bits per heavy atom. The molecule has 0 aromatic rings. The Kier molecular flexibility index (Phi) is 4.79. The molecule has 0 saturated carbocycles. The predicted molar refractivity (Wildman–Crippen MR) is 52.4 cm³/mol. The van der Waals surface area contributed by atoms with Gasteiger partial charge >= 0.3 is 0 Å². The molecule has 11 heavy (non-hydrogen) atoms. The second-order valence-electron chi connectivity index (χ2n) is 4.91. The fourth-order valence-electron chi connectivity index (χ4n) is 1.15. The smallest absolute Gasteiger partial charge is 0.0383 e. The third-order valence-corrected chi connectivity index (χ3v) is 1.87.